The van der Waals surface area contributed by atoms with Gasteiger partial charge in [0.15, 0.2) is 0 Å². The number of anilines is 1. The first kappa shape index (κ1) is 15.2. The van der Waals surface area contributed by atoms with Gasteiger partial charge < -0.3 is 14.5 Å². The second kappa shape index (κ2) is 7.01. The van der Waals surface area contributed by atoms with Crippen LogP contribution in [0.5, 0.6) is 0 Å². The molecule has 1 saturated heterocycles. The van der Waals surface area contributed by atoms with E-state index >= 15 is 0 Å². The zero-order valence-electron chi connectivity index (χ0n) is 12.4. The summed E-state index contributed by atoms with van der Waals surface area (Å²) in [5.41, 5.74) is 0. The largest absolute Gasteiger partial charge is 0.465 e. The van der Waals surface area contributed by atoms with Crippen molar-refractivity contribution in [3.63, 3.8) is 0 Å². The number of hydrogen-bond acceptors (Lipinski definition) is 6. The lowest BCUT2D eigenvalue weighted by Gasteiger charge is -2.27. The molecule has 1 aliphatic rings. The van der Waals surface area contributed by atoms with Crippen LogP contribution in [0.4, 0.5) is 5.95 Å². The number of rotatable bonds is 5. The summed E-state index contributed by atoms with van der Waals surface area (Å²) in [4.78, 5) is 35.7. The maximum Gasteiger partial charge on any atom is 0.325 e. The fourth-order valence-corrected chi connectivity index (χ4v) is 2.43. The van der Waals surface area contributed by atoms with Crippen LogP contribution >= 0.6 is 0 Å². The summed E-state index contributed by atoms with van der Waals surface area (Å²) < 4.78 is 4.87. The Morgan fingerprint density at radius 2 is 2.14 bits per heavy atom. The molecule has 1 atom stereocenters. The van der Waals surface area contributed by atoms with Crippen molar-refractivity contribution in [3.05, 3.63) is 18.5 Å². The molecule has 1 fully saturated rings. The number of carbonyl (C=O) groups excluding carboxylic acids is 2. The lowest BCUT2D eigenvalue weighted by Crippen LogP contribution is -2.46. The molecule has 7 nitrogen and oxygen atoms in total. The van der Waals surface area contributed by atoms with Crippen molar-refractivity contribution in [2.24, 2.45) is 0 Å². The number of hydrogen-bond donors (Lipinski definition) is 0. The molecule has 0 saturated carbocycles. The summed E-state index contributed by atoms with van der Waals surface area (Å²) in [7, 11) is 1.61. The van der Waals surface area contributed by atoms with Crippen LogP contribution < -0.4 is 4.90 Å². The van der Waals surface area contributed by atoms with Crippen molar-refractivity contribution in [2.75, 3.05) is 31.6 Å². The molecule has 0 N–H and O–H groups in total. The van der Waals surface area contributed by atoms with Crippen molar-refractivity contribution in [1.82, 2.24) is 14.9 Å². The van der Waals surface area contributed by atoms with Crippen LogP contribution in [0, 0.1) is 0 Å². The van der Waals surface area contributed by atoms with Crippen LogP contribution in [-0.2, 0) is 14.3 Å². The fraction of sp³-hybridized carbons (Fsp3) is 0.571. The average molecular weight is 292 g/mol. The average Bonchev–Trinajstić information content (AvgIpc) is 2.96. The molecule has 21 heavy (non-hydrogen) atoms. The van der Waals surface area contributed by atoms with Crippen LogP contribution in [0.2, 0.25) is 0 Å². The Hall–Kier alpha value is -2.18. The predicted molar refractivity (Wildman–Crippen MR) is 76.7 cm³/mol. The summed E-state index contributed by atoms with van der Waals surface area (Å²) in [5, 5.41) is 0. The van der Waals surface area contributed by atoms with Gasteiger partial charge in [0.05, 0.1) is 6.61 Å². The minimum absolute atomic E-state index is 0.0351. The molecule has 1 aliphatic heterocycles. The molecule has 2 heterocycles. The molecule has 2 rings (SSSR count). The van der Waals surface area contributed by atoms with E-state index in [4.69, 9.17) is 4.74 Å². The van der Waals surface area contributed by atoms with Crippen LogP contribution in [0.25, 0.3) is 0 Å². The molecule has 0 spiro atoms. The summed E-state index contributed by atoms with van der Waals surface area (Å²) in [6.45, 7) is 2.76. The summed E-state index contributed by atoms with van der Waals surface area (Å²) in [5.74, 6) is 0.0553. The number of ether oxygens (including phenoxy) is 1. The second-order valence-electron chi connectivity index (χ2n) is 4.90. The van der Waals surface area contributed by atoms with Gasteiger partial charge in [-0.15, -0.1) is 0 Å². The maximum absolute atomic E-state index is 12.5. The Balaban J connectivity index is 2.02. The van der Waals surface area contributed by atoms with Gasteiger partial charge in [-0.2, -0.15) is 0 Å². The number of carbonyl (C=O) groups is 2. The Morgan fingerprint density at radius 1 is 1.43 bits per heavy atom. The van der Waals surface area contributed by atoms with E-state index in [9.17, 15) is 9.59 Å². The van der Waals surface area contributed by atoms with Crippen molar-refractivity contribution in [3.8, 4) is 0 Å². The number of aromatic nitrogens is 2. The van der Waals surface area contributed by atoms with E-state index < -0.39 is 5.97 Å². The highest BCUT2D eigenvalue weighted by molar-refractivity contribution is 5.88. The topological polar surface area (TPSA) is 75.6 Å². The van der Waals surface area contributed by atoms with E-state index in [-0.39, 0.29) is 18.5 Å². The SMILES string of the molecule is CCOC(=O)CN(C)C(=O)C1CCCN1c1ncccn1. The van der Waals surface area contributed by atoms with Gasteiger partial charge in [0.25, 0.3) is 0 Å². The molecule has 0 aromatic carbocycles. The first-order chi connectivity index (χ1) is 10.1. The number of amides is 1. The fourth-order valence-electron chi connectivity index (χ4n) is 2.43. The summed E-state index contributed by atoms with van der Waals surface area (Å²) in [6.07, 6.45) is 4.96. The van der Waals surface area contributed by atoms with Crippen molar-refractivity contribution in [2.45, 2.75) is 25.8 Å². The molecule has 7 heteroatoms. The molecule has 1 aromatic rings. The molecule has 1 amide bonds. The Kier molecular flexibility index (Phi) is 5.08. The Bertz CT molecular complexity index is 494. The van der Waals surface area contributed by atoms with Crippen LogP contribution in [-0.4, -0.2) is 59.5 Å². The third-order valence-corrected chi connectivity index (χ3v) is 3.39. The first-order valence-electron chi connectivity index (χ1n) is 7.07. The number of esters is 1. The third kappa shape index (κ3) is 3.68. The minimum Gasteiger partial charge on any atom is -0.465 e. The predicted octanol–water partition coefficient (Wildman–Crippen LogP) is 0.467. The van der Waals surface area contributed by atoms with Crippen LogP contribution in [0.1, 0.15) is 19.8 Å². The van der Waals surface area contributed by atoms with Crippen molar-refractivity contribution < 1.29 is 14.3 Å². The standard InChI is InChI=1S/C14H20N4O3/c1-3-21-12(19)10-17(2)13(20)11-6-4-9-18(11)14-15-7-5-8-16-14/h5,7-8,11H,3-4,6,9-10H2,1-2H3. The minimum atomic E-state index is -0.395. The zero-order valence-corrected chi connectivity index (χ0v) is 12.4. The van der Waals surface area contributed by atoms with Gasteiger partial charge in [-0.3, -0.25) is 9.59 Å². The van der Waals surface area contributed by atoms with Crippen LogP contribution in [0.15, 0.2) is 18.5 Å². The molecule has 114 valence electrons. The van der Waals surface area contributed by atoms with E-state index in [1.54, 1.807) is 32.4 Å². The summed E-state index contributed by atoms with van der Waals surface area (Å²) in [6, 6.07) is 1.43. The van der Waals surface area contributed by atoms with E-state index in [0.717, 1.165) is 19.4 Å². The zero-order chi connectivity index (χ0) is 15.2. The highest BCUT2D eigenvalue weighted by Crippen LogP contribution is 2.23. The molecular weight excluding hydrogens is 272 g/mol. The van der Waals surface area contributed by atoms with Crippen molar-refractivity contribution in [1.29, 1.82) is 0 Å². The molecule has 0 aliphatic carbocycles. The maximum atomic E-state index is 12.5. The molecule has 0 bridgehead atoms. The second-order valence-corrected chi connectivity index (χ2v) is 4.90. The number of likely N-dealkylation sites (N-methyl/N-ethyl adjacent to an activating group) is 1. The van der Waals surface area contributed by atoms with Gasteiger partial charge in [0.2, 0.25) is 11.9 Å². The highest BCUT2D eigenvalue weighted by Gasteiger charge is 2.34. The van der Waals surface area contributed by atoms with Gasteiger partial charge in [-0.05, 0) is 25.8 Å². The smallest absolute Gasteiger partial charge is 0.325 e. The van der Waals surface area contributed by atoms with Crippen LogP contribution in [0.3, 0.4) is 0 Å². The van der Waals surface area contributed by atoms with Gasteiger partial charge in [0, 0.05) is 26.0 Å². The van der Waals surface area contributed by atoms with Gasteiger partial charge >= 0.3 is 5.97 Å². The van der Waals surface area contributed by atoms with E-state index in [0.29, 0.717) is 12.6 Å². The first-order valence-corrected chi connectivity index (χ1v) is 7.07. The molecular formula is C14H20N4O3. The van der Waals surface area contributed by atoms with E-state index in [2.05, 4.69) is 9.97 Å². The van der Waals surface area contributed by atoms with Crippen molar-refractivity contribution >= 4 is 17.8 Å². The number of nitrogens with zero attached hydrogens (tertiary/aromatic N) is 4. The molecule has 0 radical (unpaired) electrons. The molecule has 1 unspecified atom stereocenters. The lowest BCUT2D eigenvalue weighted by atomic mass is 10.2. The molecule has 1 aromatic heterocycles. The van der Waals surface area contributed by atoms with E-state index in [1.165, 1.54) is 4.90 Å². The van der Waals surface area contributed by atoms with Gasteiger partial charge in [-0.25, -0.2) is 9.97 Å². The van der Waals surface area contributed by atoms with E-state index in [1.807, 2.05) is 4.90 Å². The lowest BCUT2D eigenvalue weighted by molar-refractivity contribution is -0.148. The third-order valence-electron chi connectivity index (χ3n) is 3.39. The highest BCUT2D eigenvalue weighted by atomic mass is 16.5. The van der Waals surface area contributed by atoms with Gasteiger partial charge in [0.1, 0.15) is 12.6 Å². The normalized spacial score (nSPS) is 17.6. The quantitative estimate of drug-likeness (QED) is 0.734. The Labute approximate surface area is 123 Å². The monoisotopic (exact) mass is 292 g/mol. The summed E-state index contributed by atoms with van der Waals surface area (Å²) >= 11 is 0. The van der Waals surface area contributed by atoms with Gasteiger partial charge in [-0.1, -0.05) is 0 Å². The Morgan fingerprint density at radius 3 is 2.81 bits per heavy atom.